The van der Waals surface area contributed by atoms with E-state index in [9.17, 15) is 8.78 Å². The zero-order chi connectivity index (χ0) is 13.0. The summed E-state index contributed by atoms with van der Waals surface area (Å²) in [5.41, 5.74) is 2.11. The van der Waals surface area contributed by atoms with E-state index in [-0.39, 0.29) is 6.54 Å². The molecular weight excluding hydrogens is 234 g/mol. The highest BCUT2D eigenvalue weighted by molar-refractivity contribution is 5.83. The number of hydrogen-bond donors (Lipinski definition) is 1. The van der Waals surface area contributed by atoms with Crippen molar-refractivity contribution in [2.45, 2.75) is 13.0 Å². The molecule has 1 aromatic heterocycles. The largest absolute Gasteiger partial charge is 0.361 e. The lowest BCUT2D eigenvalue weighted by molar-refractivity contribution is -0.0185. The standard InChI is InChI=1S/C14H16F2N2/c1-2-8-18(14(15)16)9-7-11-10-17-13-6-4-3-5-12(11)13/h2-6,10,14,17H,1,7-9H2. The molecule has 0 spiro atoms. The predicted molar refractivity (Wildman–Crippen MR) is 69.8 cm³/mol. The van der Waals surface area contributed by atoms with Gasteiger partial charge in [-0.3, -0.25) is 0 Å². The van der Waals surface area contributed by atoms with Gasteiger partial charge in [0, 0.05) is 30.2 Å². The first-order valence-electron chi connectivity index (χ1n) is 5.90. The van der Waals surface area contributed by atoms with Gasteiger partial charge in [-0.05, 0) is 18.1 Å². The SMILES string of the molecule is C=CCN(CCc1c[nH]c2ccccc12)C(F)F. The molecule has 0 fully saturated rings. The van der Waals surface area contributed by atoms with E-state index in [1.54, 1.807) is 0 Å². The Morgan fingerprint density at radius 3 is 2.83 bits per heavy atom. The first kappa shape index (κ1) is 12.8. The van der Waals surface area contributed by atoms with E-state index in [0.29, 0.717) is 13.0 Å². The van der Waals surface area contributed by atoms with E-state index < -0.39 is 6.55 Å². The summed E-state index contributed by atoms with van der Waals surface area (Å²) in [6, 6.07) is 7.88. The van der Waals surface area contributed by atoms with E-state index >= 15 is 0 Å². The molecule has 0 atom stereocenters. The molecule has 18 heavy (non-hydrogen) atoms. The van der Waals surface area contributed by atoms with E-state index in [4.69, 9.17) is 0 Å². The van der Waals surface area contributed by atoms with Gasteiger partial charge in [0.15, 0.2) is 0 Å². The highest BCUT2D eigenvalue weighted by atomic mass is 19.3. The monoisotopic (exact) mass is 250 g/mol. The number of rotatable bonds is 6. The molecule has 0 radical (unpaired) electrons. The molecular formula is C14H16F2N2. The molecule has 0 saturated carbocycles. The van der Waals surface area contributed by atoms with E-state index in [2.05, 4.69) is 11.6 Å². The number of para-hydroxylation sites is 1. The van der Waals surface area contributed by atoms with Crippen molar-refractivity contribution < 1.29 is 8.78 Å². The molecule has 0 aliphatic carbocycles. The van der Waals surface area contributed by atoms with Crippen LogP contribution >= 0.6 is 0 Å². The maximum Gasteiger partial charge on any atom is 0.295 e. The first-order valence-corrected chi connectivity index (χ1v) is 5.90. The summed E-state index contributed by atoms with van der Waals surface area (Å²) in [6.45, 7) is 1.59. The Labute approximate surface area is 105 Å². The molecule has 1 aromatic carbocycles. The number of aromatic amines is 1. The zero-order valence-electron chi connectivity index (χ0n) is 10.1. The number of alkyl halides is 2. The summed E-state index contributed by atoms with van der Waals surface area (Å²) in [5.74, 6) is 0. The summed E-state index contributed by atoms with van der Waals surface area (Å²) in [7, 11) is 0. The van der Waals surface area contributed by atoms with Crippen molar-refractivity contribution in [1.29, 1.82) is 0 Å². The Morgan fingerprint density at radius 2 is 2.11 bits per heavy atom. The number of H-pyrrole nitrogens is 1. The second kappa shape index (κ2) is 5.78. The van der Waals surface area contributed by atoms with Crippen molar-refractivity contribution in [3.63, 3.8) is 0 Å². The van der Waals surface area contributed by atoms with Crippen LogP contribution in [0.4, 0.5) is 8.78 Å². The fraction of sp³-hybridized carbons (Fsp3) is 0.286. The summed E-state index contributed by atoms with van der Waals surface area (Å²) in [5, 5.41) is 1.10. The van der Waals surface area contributed by atoms with Crippen molar-refractivity contribution >= 4 is 10.9 Å². The lowest BCUT2D eigenvalue weighted by Gasteiger charge is -2.18. The van der Waals surface area contributed by atoms with E-state index in [1.165, 1.54) is 6.08 Å². The van der Waals surface area contributed by atoms with Gasteiger partial charge in [0.25, 0.3) is 6.55 Å². The van der Waals surface area contributed by atoms with Gasteiger partial charge in [0.1, 0.15) is 0 Å². The Hall–Kier alpha value is -1.68. The number of halogens is 2. The van der Waals surface area contributed by atoms with Crippen LogP contribution in [0.1, 0.15) is 5.56 Å². The first-order chi connectivity index (χ1) is 8.72. The van der Waals surface area contributed by atoms with Crippen LogP contribution in [0.25, 0.3) is 10.9 Å². The molecule has 96 valence electrons. The number of hydrogen-bond acceptors (Lipinski definition) is 1. The van der Waals surface area contributed by atoms with Crippen LogP contribution in [0.15, 0.2) is 43.1 Å². The van der Waals surface area contributed by atoms with Gasteiger partial charge in [-0.1, -0.05) is 24.3 Å². The minimum Gasteiger partial charge on any atom is -0.361 e. The van der Waals surface area contributed by atoms with Crippen LogP contribution in [-0.2, 0) is 6.42 Å². The van der Waals surface area contributed by atoms with Gasteiger partial charge in [0.2, 0.25) is 0 Å². The van der Waals surface area contributed by atoms with Crippen molar-refractivity contribution in [2.75, 3.05) is 13.1 Å². The maximum atomic E-state index is 12.7. The van der Waals surface area contributed by atoms with E-state index in [0.717, 1.165) is 21.4 Å². The number of benzene rings is 1. The molecule has 0 amide bonds. The average molecular weight is 250 g/mol. The molecule has 1 N–H and O–H groups in total. The minimum absolute atomic E-state index is 0.208. The van der Waals surface area contributed by atoms with Gasteiger partial charge in [0.05, 0.1) is 0 Å². The molecule has 0 bridgehead atoms. The van der Waals surface area contributed by atoms with Gasteiger partial charge in [-0.2, -0.15) is 8.78 Å². The van der Waals surface area contributed by atoms with Crippen LogP contribution in [0.3, 0.4) is 0 Å². The molecule has 2 rings (SSSR count). The van der Waals surface area contributed by atoms with Crippen molar-refractivity contribution in [1.82, 2.24) is 9.88 Å². The fourth-order valence-corrected chi connectivity index (χ4v) is 2.04. The van der Waals surface area contributed by atoms with Crippen LogP contribution < -0.4 is 0 Å². The van der Waals surface area contributed by atoms with Crippen LogP contribution in [-0.4, -0.2) is 29.5 Å². The normalized spacial score (nSPS) is 11.6. The lowest BCUT2D eigenvalue weighted by atomic mass is 10.1. The van der Waals surface area contributed by atoms with E-state index in [1.807, 2.05) is 30.5 Å². The average Bonchev–Trinajstić information content (AvgIpc) is 2.77. The molecule has 4 heteroatoms. The van der Waals surface area contributed by atoms with Crippen LogP contribution in [0.5, 0.6) is 0 Å². The highest BCUT2D eigenvalue weighted by Gasteiger charge is 2.14. The molecule has 0 aliphatic rings. The minimum atomic E-state index is -2.44. The Balaban J connectivity index is 2.07. The van der Waals surface area contributed by atoms with Gasteiger partial charge < -0.3 is 4.98 Å². The lowest BCUT2D eigenvalue weighted by Crippen LogP contribution is -2.31. The molecule has 1 heterocycles. The summed E-state index contributed by atoms with van der Waals surface area (Å²) in [6.07, 6.45) is 3.99. The second-order valence-corrected chi connectivity index (χ2v) is 4.17. The third-order valence-electron chi connectivity index (χ3n) is 2.98. The van der Waals surface area contributed by atoms with Gasteiger partial charge in [-0.15, -0.1) is 6.58 Å². The van der Waals surface area contributed by atoms with Gasteiger partial charge in [-0.25, -0.2) is 4.90 Å². The summed E-state index contributed by atoms with van der Waals surface area (Å²) >= 11 is 0. The molecule has 0 unspecified atom stereocenters. The van der Waals surface area contributed by atoms with Crippen molar-refractivity contribution in [3.05, 3.63) is 48.7 Å². The van der Waals surface area contributed by atoms with Gasteiger partial charge >= 0.3 is 0 Å². The van der Waals surface area contributed by atoms with Crippen LogP contribution in [0, 0.1) is 0 Å². The number of nitrogens with one attached hydrogen (secondary N) is 1. The summed E-state index contributed by atoms with van der Waals surface area (Å²) in [4.78, 5) is 4.25. The third-order valence-corrected chi connectivity index (χ3v) is 2.98. The topological polar surface area (TPSA) is 19.0 Å². The quantitative estimate of drug-likeness (QED) is 0.615. The van der Waals surface area contributed by atoms with Crippen molar-refractivity contribution in [3.8, 4) is 0 Å². The fourth-order valence-electron chi connectivity index (χ4n) is 2.04. The maximum absolute atomic E-state index is 12.7. The number of nitrogens with zero attached hydrogens (tertiary/aromatic N) is 1. The zero-order valence-corrected chi connectivity index (χ0v) is 10.1. The smallest absolute Gasteiger partial charge is 0.295 e. The molecule has 0 aliphatic heterocycles. The van der Waals surface area contributed by atoms with Crippen molar-refractivity contribution in [2.24, 2.45) is 0 Å². The Kier molecular flexibility index (Phi) is 4.10. The molecule has 0 saturated heterocycles. The Morgan fingerprint density at radius 1 is 1.33 bits per heavy atom. The predicted octanol–water partition coefficient (Wildman–Crippen LogP) is 3.42. The number of fused-ring (bicyclic) bond motifs is 1. The third kappa shape index (κ3) is 2.76. The molecule has 2 aromatic rings. The second-order valence-electron chi connectivity index (χ2n) is 4.17. The molecule has 2 nitrogen and oxygen atoms in total. The highest BCUT2D eigenvalue weighted by Crippen LogP contribution is 2.18. The Bertz CT molecular complexity index is 519. The van der Waals surface area contributed by atoms with Crippen LogP contribution in [0.2, 0.25) is 0 Å². The summed E-state index contributed by atoms with van der Waals surface area (Å²) < 4.78 is 25.4. The number of aromatic nitrogens is 1.